The Morgan fingerprint density at radius 2 is 2.43 bits per heavy atom. The molecular weight excluding hydrogens is 107 g/mol. The summed E-state index contributed by atoms with van der Waals surface area (Å²) >= 11 is 0. The number of furan rings is 1. The van der Waals surface area contributed by atoms with Crippen molar-refractivity contribution in [3.63, 3.8) is 0 Å². The summed E-state index contributed by atoms with van der Waals surface area (Å²) < 4.78 is 4.83. The Hall–Kier alpha value is -0.290. The Morgan fingerprint density at radius 3 is 2.57 bits per heavy atom. The first-order chi connectivity index (χ1) is 3.30. The molecule has 0 saturated heterocycles. The van der Waals surface area contributed by atoms with Crippen LogP contribution in [0.1, 0.15) is 5.56 Å². The summed E-state index contributed by atoms with van der Waals surface area (Å²) in [5.41, 5.74) is 1.79. The molecule has 0 N–H and O–H groups in total. The molecule has 0 amide bonds. The predicted molar refractivity (Wildman–Crippen MR) is 30.0 cm³/mol. The molecule has 1 rings (SSSR count). The first-order valence-electron chi connectivity index (χ1n) is 2.04. The molecule has 0 fully saturated rings. The molecule has 0 aliphatic rings. The smallest absolute Gasteiger partial charge is 0.138 e. The summed E-state index contributed by atoms with van der Waals surface area (Å²) in [6.07, 6.45) is 1.62. The average molecular weight is 112 g/mol. The highest BCUT2D eigenvalue weighted by Crippen LogP contribution is 1.97. The molecule has 0 spiro atoms. The van der Waals surface area contributed by atoms with E-state index in [-0.39, 0.29) is 0 Å². The van der Waals surface area contributed by atoms with Crippen LogP contribution in [0.2, 0.25) is 0 Å². The van der Waals surface area contributed by atoms with Crippen molar-refractivity contribution in [3.8, 4) is 0 Å². The predicted octanol–water partition coefficient (Wildman–Crippen LogP) is 1.62. The minimum atomic E-state index is 0.708. The first-order valence-corrected chi connectivity index (χ1v) is 2.48. The maximum absolute atomic E-state index is 4.83. The van der Waals surface area contributed by atoms with Gasteiger partial charge in [-0.2, -0.15) is 0 Å². The van der Waals surface area contributed by atoms with Gasteiger partial charge in [0.2, 0.25) is 0 Å². The van der Waals surface area contributed by atoms with Crippen LogP contribution in [0.3, 0.4) is 0 Å². The Balaban J connectivity index is 3.12. The summed E-state index contributed by atoms with van der Waals surface area (Å²) in [6.45, 7) is 1.95. The zero-order valence-corrected chi connectivity index (χ0v) is 4.90. The SMILES string of the molecule is Cc1ccoc1[P]. The summed E-state index contributed by atoms with van der Waals surface area (Å²) in [6, 6.07) is 1.88. The van der Waals surface area contributed by atoms with E-state index < -0.39 is 0 Å². The largest absolute Gasteiger partial charge is 0.464 e. The second kappa shape index (κ2) is 1.67. The zero-order valence-electron chi connectivity index (χ0n) is 4.01. The fourth-order valence-electron chi connectivity index (χ4n) is 0.365. The molecule has 2 heteroatoms. The van der Waals surface area contributed by atoms with E-state index in [1.165, 1.54) is 0 Å². The maximum Gasteiger partial charge on any atom is 0.138 e. The Kier molecular flexibility index (Phi) is 1.16. The van der Waals surface area contributed by atoms with E-state index in [2.05, 4.69) is 9.24 Å². The molecular formula is C5H5OP. The number of hydrogen-bond acceptors (Lipinski definition) is 1. The zero-order chi connectivity index (χ0) is 5.28. The third-order valence-electron chi connectivity index (χ3n) is 0.835. The quantitative estimate of drug-likeness (QED) is 0.465. The van der Waals surface area contributed by atoms with Crippen molar-refractivity contribution in [1.82, 2.24) is 0 Å². The topological polar surface area (TPSA) is 13.1 Å². The molecule has 1 nitrogen and oxygen atoms in total. The summed E-state index contributed by atoms with van der Waals surface area (Å²) in [7, 11) is 3.98. The van der Waals surface area contributed by atoms with E-state index in [0.29, 0.717) is 5.50 Å². The van der Waals surface area contributed by atoms with Crippen LogP contribution < -0.4 is 5.50 Å². The summed E-state index contributed by atoms with van der Waals surface area (Å²) in [5.74, 6) is 0. The third-order valence-corrected chi connectivity index (χ3v) is 1.29. The molecule has 7 heavy (non-hydrogen) atoms. The molecule has 36 valence electrons. The second-order valence-electron chi connectivity index (χ2n) is 1.41. The van der Waals surface area contributed by atoms with Crippen LogP contribution in [0.15, 0.2) is 16.7 Å². The highest BCUT2D eigenvalue weighted by Gasteiger charge is 1.90. The van der Waals surface area contributed by atoms with Gasteiger partial charge in [-0.1, -0.05) is 0 Å². The van der Waals surface area contributed by atoms with Crippen LogP contribution in [0.5, 0.6) is 0 Å². The van der Waals surface area contributed by atoms with Crippen LogP contribution in [0.4, 0.5) is 0 Å². The van der Waals surface area contributed by atoms with Crippen molar-refractivity contribution in [2.24, 2.45) is 0 Å². The van der Waals surface area contributed by atoms with Gasteiger partial charge in [0.15, 0.2) is 0 Å². The van der Waals surface area contributed by atoms with Crippen LogP contribution in [0.25, 0.3) is 0 Å². The van der Waals surface area contributed by atoms with E-state index in [9.17, 15) is 0 Å². The van der Waals surface area contributed by atoms with Crippen LogP contribution in [-0.2, 0) is 0 Å². The highest BCUT2D eigenvalue weighted by atomic mass is 31.0. The van der Waals surface area contributed by atoms with Crippen molar-refractivity contribution < 1.29 is 4.42 Å². The van der Waals surface area contributed by atoms with Crippen molar-refractivity contribution in [3.05, 3.63) is 17.9 Å². The molecule has 0 unspecified atom stereocenters. The molecule has 1 aromatic heterocycles. The molecule has 0 aromatic carbocycles. The molecule has 0 saturated carbocycles. The van der Waals surface area contributed by atoms with Gasteiger partial charge < -0.3 is 4.42 Å². The normalized spacial score (nSPS) is 9.43. The van der Waals surface area contributed by atoms with Crippen LogP contribution in [0, 0.1) is 6.92 Å². The van der Waals surface area contributed by atoms with Gasteiger partial charge in [-0.05, 0) is 18.6 Å². The van der Waals surface area contributed by atoms with Crippen LogP contribution in [-0.4, -0.2) is 0 Å². The lowest BCUT2D eigenvalue weighted by molar-refractivity contribution is 0.603. The summed E-state index contributed by atoms with van der Waals surface area (Å²) in [5, 5.41) is 0. The fourth-order valence-corrected chi connectivity index (χ4v) is 0.500. The van der Waals surface area contributed by atoms with Crippen molar-refractivity contribution >= 4 is 14.7 Å². The minimum absolute atomic E-state index is 0.708. The Labute approximate surface area is 44.9 Å². The Morgan fingerprint density at radius 1 is 1.71 bits per heavy atom. The molecule has 1 aromatic rings. The second-order valence-corrected chi connectivity index (χ2v) is 1.81. The lowest BCUT2D eigenvalue weighted by Crippen LogP contribution is -1.84. The van der Waals surface area contributed by atoms with Gasteiger partial charge in [-0.15, -0.1) is 0 Å². The minimum Gasteiger partial charge on any atom is -0.464 e. The van der Waals surface area contributed by atoms with Gasteiger partial charge in [0, 0.05) is 9.24 Å². The number of hydrogen-bond donors (Lipinski definition) is 0. The molecule has 0 aliphatic carbocycles. The van der Waals surface area contributed by atoms with Gasteiger partial charge in [-0.3, -0.25) is 0 Å². The maximum atomic E-state index is 4.83. The fraction of sp³-hybridized carbons (Fsp3) is 0.200. The third kappa shape index (κ3) is 0.834. The number of aryl methyl sites for hydroxylation is 1. The van der Waals surface area contributed by atoms with E-state index in [0.717, 1.165) is 5.56 Å². The lowest BCUT2D eigenvalue weighted by atomic mass is 10.4. The molecule has 2 radical (unpaired) electrons. The van der Waals surface area contributed by atoms with E-state index in [4.69, 9.17) is 4.42 Å². The lowest BCUT2D eigenvalue weighted by Gasteiger charge is -1.77. The number of rotatable bonds is 0. The van der Waals surface area contributed by atoms with Gasteiger partial charge in [-0.25, -0.2) is 0 Å². The molecule has 0 aliphatic heterocycles. The van der Waals surface area contributed by atoms with Gasteiger partial charge in [0.25, 0.3) is 0 Å². The molecule has 0 bridgehead atoms. The summed E-state index contributed by atoms with van der Waals surface area (Å²) in [4.78, 5) is 0. The van der Waals surface area contributed by atoms with Gasteiger partial charge in [0.05, 0.1) is 6.26 Å². The van der Waals surface area contributed by atoms with Gasteiger partial charge >= 0.3 is 0 Å². The highest BCUT2D eigenvalue weighted by molar-refractivity contribution is 7.26. The Bertz CT molecular complexity index is 140. The van der Waals surface area contributed by atoms with Gasteiger partial charge in [0.1, 0.15) is 5.50 Å². The standard InChI is InChI=1S/C5H5OP/c1-4-2-3-6-5(4)7/h2-3H,1H3. The van der Waals surface area contributed by atoms with Crippen molar-refractivity contribution in [2.75, 3.05) is 0 Å². The monoisotopic (exact) mass is 112 g/mol. The average Bonchev–Trinajstić information content (AvgIpc) is 1.91. The van der Waals surface area contributed by atoms with Crippen LogP contribution >= 0.6 is 9.24 Å². The molecule has 0 atom stereocenters. The molecule has 1 heterocycles. The first kappa shape index (κ1) is 4.86. The van der Waals surface area contributed by atoms with E-state index >= 15 is 0 Å². The van der Waals surface area contributed by atoms with Crippen molar-refractivity contribution in [2.45, 2.75) is 6.92 Å². The van der Waals surface area contributed by atoms with E-state index in [1.807, 2.05) is 13.0 Å². The van der Waals surface area contributed by atoms with E-state index in [1.54, 1.807) is 6.26 Å². The van der Waals surface area contributed by atoms with Crippen molar-refractivity contribution in [1.29, 1.82) is 0 Å².